The van der Waals surface area contributed by atoms with Crippen LogP contribution in [0.1, 0.15) is 44.8 Å². The van der Waals surface area contributed by atoms with Crippen molar-refractivity contribution >= 4 is 12.6 Å². The van der Waals surface area contributed by atoms with Gasteiger partial charge in [0.15, 0.2) is 0 Å². The minimum absolute atomic E-state index is 0.119. The van der Waals surface area contributed by atoms with E-state index < -0.39 is 19.9 Å². The zero-order valence-electron chi connectivity index (χ0n) is 13.3. The molecule has 1 aromatic carbocycles. The highest BCUT2D eigenvalue weighted by Gasteiger charge is 2.37. The average Bonchev–Trinajstić information content (AvgIpc) is 2.88. The van der Waals surface area contributed by atoms with E-state index in [1.807, 2.05) is 19.1 Å². The molecule has 1 N–H and O–H groups in total. The predicted octanol–water partition coefficient (Wildman–Crippen LogP) is 2.39. The van der Waals surface area contributed by atoms with E-state index in [1.165, 1.54) is 0 Å². The molecule has 2 rings (SSSR count). The Morgan fingerprint density at radius 3 is 2.91 bits per heavy atom. The molecular weight excluding hydrogens is 286 g/mol. The summed E-state index contributed by atoms with van der Waals surface area (Å²) in [6.45, 7) is 4.13. The molecule has 1 aliphatic rings. The number of alkyl halides is 1. The number of hydrogen-bond donors (Lipinski definition) is 1. The summed E-state index contributed by atoms with van der Waals surface area (Å²) >= 11 is 0. The van der Waals surface area contributed by atoms with Crippen molar-refractivity contribution in [1.82, 2.24) is 0 Å². The van der Waals surface area contributed by atoms with Gasteiger partial charge in [0.2, 0.25) is 0 Å². The maximum atomic E-state index is 13.0. The van der Waals surface area contributed by atoms with Crippen molar-refractivity contribution in [1.29, 1.82) is 0 Å². The minimum atomic E-state index is -0.985. The molecule has 0 bridgehead atoms. The second kappa shape index (κ2) is 8.51. The fraction of sp³-hybridized carbons (Fsp3) is 0.625. The van der Waals surface area contributed by atoms with Gasteiger partial charge in [0.05, 0.1) is 6.10 Å². The summed E-state index contributed by atoms with van der Waals surface area (Å²) in [5.41, 5.74) is 1.59. The maximum absolute atomic E-state index is 13.0. The van der Waals surface area contributed by atoms with Crippen LogP contribution in [0.15, 0.2) is 18.2 Å². The van der Waals surface area contributed by atoms with Gasteiger partial charge in [-0.1, -0.05) is 32.4 Å². The van der Waals surface area contributed by atoms with Gasteiger partial charge in [-0.3, -0.25) is 0 Å². The first-order chi connectivity index (χ1) is 10.7. The van der Waals surface area contributed by atoms with Crippen molar-refractivity contribution in [2.45, 2.75) is 45.3 Å². The van der Waals surface area contributed by atoms with Gasteiger partial charge in [-0.2, -0.15) is 0 Å². The highest BCUT2D eigenvalue weighted by atomic mass is 19.1. The Morgan fingerprint density at radius 2 is 2.23 bits per heavy atom. The predicted molar refractivity (Wildman–Crippen MR) is 84.3 cm³/mol. The number of fused-ring (bicyclic) bond motifs is 1. The highest BCUT2D eigenvalue weighted by molar-refractivity contribution is 6.62. The van der Waals surface area contributed by atoms with Crippen molar-refractivity contribution in [3.05, 3.63) is 23.8 Å². The Kier molecular flexibility index (Phi) is 6.67. The number of benzene rings is 1. The van der Waals surface area contributed by atoms with E-state index in [9.17, 15) is 9.41 Å². The smallest absolute Gasteiger partial charge is 0.491 e. The van der Waals surface area contributed by atoms with Gasteiger partial charge >= 0.3 is 7.12 Å². The van der Waals surface area contributed by atoms with Gasteiger partial charge in [0, 0.05) is 12.1 Å². The fourth-order valence-corrected chi connectivity index (χ4v) is 2.56. The third kappa shape index (κ3) is 4.00. The topological polar surface area (TPSA) is 47.9 Å². The van der Waals surface area contributed by atoms with Crippen LogP contribution in [0.4, 0.5) is 4.39 Å². The van der Waals surface area contributed by atoms with E-state index in [4.69, 9.17) is 14.1 Å². The van der Waals surface area contributed by atoms with Crippen molar-refractivity contribution in [2.24, 2.45) is 0 Å². The first-order valence-electron chi connectivity index (χ1n) is 7.97. The molecule has 0 unspecified atom stereocenters. The Hall–Kier alpha value is -1.11. The molecule has 0 radical (unpaired) electrons. The van der Waals surface area contributed by atoms with Gasteiger partial charge in [0.25, 0.3) is 0 Å². The van der Waals surface area contributed by atoms with Crippen molar-refractivity contribution in [2.75, 3.05) is 19.9 Å². The lowest BCUT2D eigenvalue weighted by molar-refractivity contribution is 0.00472. The molecule has 0 saturated heterocycles. The Balaban J connectivity index is 2.00. The van der Waals surface area contributed by atoms with Crippen LogP contribution in [0.5, 0.6) is 5.75 Å². The van der Waals surface area contributed by atoms with Crippen LogP contribution in [0, 0.1) is 0 Å². The number of ether oxygens (including phenoxy) is 2. The van der Waals surface area contributed by atoms with Crippen molar-refractivity contribution in [3.8, 4) is 5.75 Å². The van der Waals surface area contributed by atoms with E-state index in [0.717, 1.165) is 24.8 Å². The molecule has 4 nitrogen and oxygen atoms in total. The largest absolute Gasteiger partial charge is 0.495 e. The first-order valence-corrected chi connectivity index (χ1v) is 7.97. The summed E-state index contributed by atoms with van der Waals surface area (Å²) in [6, 6.07) is 5.56. The van der Waals surface area contributed by atoms with E-state index in [2.05, 4.69) is 6.92 Å². The summed E-state index contributed by atoms with van der Waals surface area (Å²) in [7, 11) is -0.985. The second-order valence-corrected chi connectivity index (χ2v) is 5.46. The van der Waals surface area contributed by atoms with E-state index in [0.29, 0.717) is 17.8 Å². The van der Waals surface area contributed by atoms with E-state index in [1.54, 1.807) is 6.07 Å². The molecule has 6 heteroatoms. The second-order valence-electron chi connectivity index (χ2n) is 5.46. The van der Waals surface area contributed by atoms with Gasteiger partial charge in [-0.25, -0.2) is 4.39 Å². The molecular formula is C16H24BFO4. The standard InChI is InChI=1S/C16H24BFO4/c1-3-5-9-20-12(10-18)11-21-15-8-6-7-13-14(4-2)22-17(19)16(13)15/h6-8,12,14,19H,3-5,9-11H2,1-2H3/t12-,14-/m1/s1. The molecule has 0 amide bonds. The monoisotopic (exact) mass is 310 g/mol. The van der Waals surface area contributed by atoms with Gasteiger partial charge in [-0.05, 0) is 24.5 Å². The van der Waals surface area contributed by atoms with Gasteiger partial charge in [0.1, 0.15) is 25.1 Å². The van der Waals surface area contributed by atoms with Gasteiger partial charge < -0.3 is 19.2 Å². The zero-order valence-corrected chi connectivity index (χ0v) is 13.3. The Labute approximate surface area is 131 Å². The lowest BCUT2D eigenvalue weighted by atomic mass is 9.78. The lowest BCUT2D eigenvalue weighted by Crippen LogP contribution is -2.32. The SMILES string of the molecule is CCCCO[C@H](CF)COc1cccc2c1B(O)O[C@@H]2CC. The van der Waals surface area contributed by atoms with Crippen molar-refractivity contribution in [3.63, 3.8) is 0 Å². The zero-order chi connectivity index (χ0) is 15.9. The molecule has 1 aromatic rings. The third-order valence-electron chi connectivity index (χ3n) is 3.81. The summed E-state index contributed by atoms with van der Waals surface area (Å²) < 4.78 is 29.6. The van der Waals surface area contributed by atoms with E-state index in [-0.39, 0.29) is 12.7 Å². The van der Waals surface area contributed by atoms with Gasteiger partial charge in [-0.15, -0.1) is 0 Å². The molecule has 0 spiro atoms. The summed E-state index contributed by atoms with van der Waals surface area (Å²) in [5, 5.41) is 10.1. The number of hydrogen-bond acceptors (Lipinski definition) is 4. The molecule has 0 aliphatic carbocycles. The molecule has 1 aliphatic heterocycles. The average molecular weight is 310 g/mol. The quantitative estimate of drug-likeness (QED) is 0.562. The van der Waals surface area contributed by atoms with Crippen LogP contribution in [-0.2, 0) is 9.39 Å². The molecule has 0 saturated carbocycles. The number of rotatable bonds is 9. The van der Waals surface area contributed by atoms with E-state index >= 15 is 0 Å². The Morgan fingerprint density at radius 1 is 1.41 bits per heavy atom. The van der Waals surface area contributed by atoms with Crippen LogP contribution in [0.3, 0.4) is 0 Å². The molecule has 22 heavy (non-hydrogen) atoms. The number of unbranched alkanes of at least 4 members (excludes halogenated alkanes) is 1. The number of halogens is 1. The lowest BCUT2D eigenvalue weighted by Gasteiger charge is -2.17. The molecule has 0 aromatic heterocycles. The minimum Gasteiger partial charge on any atom is -0.491 e. The Bertz CT molecular complexity index is 471. The molecule has 122 valence electrons. The summed E-state index contributed by atoms with van der Waals surface area (Å²) in [6.07, 6.45) is 1.99. The first kappa shape index (κ1) is 17.3. The third-order valence-corrected chi connectivity index (χ3v) is 3.81. The van der Waals surface area contributed by atoms with Crippen LogP contribution >= 0.6 is 0 Å². The summed E-state index contributed by atoms with van der Waals surface area (Å²) in [4.78, 5) is 0. The van der Waals surface area contributed by atoms with Crippen molar-refractivity contribution < 1.29 is 23.5 Å². The van der Waals surface area contributed by atoms with Crippen LogP contribution < -0.4 is 10.2 Å². The normalized spacial score (nSPS) is 18.4. The molecule has 2 atom stereocenters. The van der Waals surface area contributed by atoms with Crippen LogP contribution in [0.25, 0.3) is 0 Å². The fourth-order valence-electron chi connectivity index (χ4n) is 2.56. The van der Waals surface area contributed by atoms with Crippen LogP contribution in [0.2, 0.25) is 0 Å². The maximum Gasteiger partial charge on any atom is 0.495 e. The molecule has 1 heterocycles. The molecule has 0 fully saturated rings. The highest BCUT2D eigenvalue weighted by Crippen LogP contribution is 2.29. The van der Waals surface area contributed by atoms with Crippen LogP contribution in [-0.4, -0.2) is 38.1 Å². The summed E-state index contributed by atoms with van der Waals surface area (Å²) in [5.74, 6) is 0.540.